The fourth-order valence-corrected chi connectivity index (χ4v) is 5.28. The van der Waals surface area contributed by atoms with Crippen LogP contribution in [0.5, 0.6) is 0 Å². The van der Waals surface area contributed by atoms with E-state index in [0.717, 1.165) is 67.5 Å². The number of hydrogen-bond acceptors (Lipinski definition) is 0. The van der Waals surface area contributed by atoms with Gasteiger partial charge < -0.3 is 5.53 Å². The minimum Gasteiger partial charge on any atom is -0.493 e. The first-order chi connectivity index (χ1) is 17.1. The fourth-order valence-electron chi connectivity index (χ4n) is 5.28. The highest BCUT2D eigenvalue weighted by Crippen LogP contribution is 2.44. The van der Waals surface area contributed by atoms with Crippen LogP contribution in [0.2, 0.25) is 0 Å². The molecule has 0 radical (unpaired) electrons. The Balaban J connectivity index is 2.10. The number of rotatable bonds is 15. The lowest BCUT2D eigenvalue weighted by molar-refractivity contribution is -0.345. The van der Waals surface area contributed by atoms with E-state index >= 15 is 0 Å². The molecule has 3 rings (SSSR count). The number of aryl methyl sites for hydroxylation is 2. The zero-order chi connectivity index (χ0) is 25.0. The van der Waals surface area contributed by atoms with Crippen molar-refractivity contribution in [2.24, 2.45) is 0 Å². The van der Waals surface area contributed by atoms with Crippen molar-refractivity contribution in [3.63, 3.8) is 0 Å². The molecule has 0 fully saturated rings. The number of benzene rings is 2. The molecule has 2 heteroatoms. The monoisotopic (exact) mass is 470 g/mol. The third-order valence-corrected chi connectivity index (χ3v) is 7.18. The lowest BCUT2D eigenvalue weighted by Gasteiger charge is -2.11. The van der Waals surface area contributed by atoms with Gasteiger partial charge in [-0.15, -0.1) is 0 Å². The van der Waals surface area contributed by atoms with Gasteiger partial charge in [0.15, 0.2) is 0 Å². The molecule has 0 saturated carbocycles. The fraction of sp³-hybridized carbons (Fsp3) is 0.515. The second-order valence-corrected chi connectivity index (χ2v) is 10.1. The summed E-state index contributed by atoms with van der Waals surface area (Å²) in [5, 5.41) is 0. The first-order valence-corrected chi connectivity index (χ1v) is 14.3. The molecule has 0 N–H and O–H groups in total. The van der Waals surface area contributed by atoms with Crippen molar-refractivity contribution >= 4 is 11.4 Å². The van der Waals surface area contributed by atoms with E-state index in [1.807, 2.05) is 0 Å². The third-order valence-electron chi connectivity index (χ3n) is 7.18. The molecule has 2 aromatic carbocycles. The maximum atomic E-state index is 11.8. The van der Waals surface area contributed by atoms with Gasteiger partial charge in [-0.05, 0) is 80.3 Å². The average molecular weight is 471 g/mol. The van der Waals surface area contributed by atoms with E-state index in [2.05, 4.69) is 76.2 Å². The van der Waals surface area contributed by atoms with Crippen LogP contribution in [0.15, 0.2) is 59.7 Å². The van der Waals surface area contributed by atoms with Crippen molar-refractivity contribution in [3.8, 4) is 0 Å². The molecule has 0 bridgehead atoms. The van der Waals surface area contributed by atoms with E-state index in [1.54, 1.807) is 4.70 Å². The summed E-state index contributed by atoms with van der Waals surface area (Å²) in [5.41, 5.74) is 21.6. The van der Waals surface area contributed by atoms with Gasteiger partial charge in [0.2, 0.25) is 11.4 Å². The van der Waals surface area contributed by atoms with Crippen LogP contribution in [0, 0.1) is 0 Å². The lowest BCUT2D eigenvalue weighted by atomic mass is 9.91. The molecule has 0 amide bonds. The van der Waals surface area contributed by atoms with Gasteiger partial charge in [0.05, 0.1) is 0 Å². The minimum atomic E-state index is 1.01. The molecule has 0 saturated heterocycles. The molecule has 0 aliphatic carbocycles. The van der Waals surface area contributed by atoms with Gasteiger partial charge in [-0.1, -0.05) is 90.5 Å². The van der Waals surface area contributed by atoms with Crippen LogP contribution >= 0.6 is 0 Å². The van der Waals surface area contributed by atoms with Gasteiger partial charge in [-0.3, -0.25) is 0 Å². The van der Waals surface area contributed by atoms with Crippen molar-refractivity contribution in [2.75, 3.05) is 0 Å². The maximum absolute atomic E-state index is 11.8. The van der Waals surface area contributed by atoms with Crippen molar-refractivity contribution in [1.82, 2.24) is 0 Å². The van der Waals surface area contributed by atoms with Gasteiger partial charge in [0, 0.05) is 22.3 Å². The maximum Gasteiger partial charge on any atom is 0.211 e. The summed E-state index contributed by atoms with van der Waals surface area (Å²) in [4.78, 5) is 0. The molecule has 1 aliphatic heterocycles. The molecule has 188 valence electrons. The Kier molecular flexibility index (Phi) is 11.0. The molecule has 2 nitrogen and oxygen atoms in total. The molecule has 0 spiro atoms. The molecule has 0 aromatic heterocycles. The smallest absolute Gasteiger partial charge is 0.211 e. The number of allylic oxidation sites excluding steroid dienone is 2. The topological polar surface area (TPSA) is 25.3 Å². The van der Waals surface area contributed by atoms with Crippen molar-refractivity contribution in [3.05, 3.63) is 87.5 Å². The second-order valence-electron chi connectivity index (χ2n) is 10.1. The largest absolute Gasteiger partial charge is 0.493 e. The summed E-state index contributed by atoms with van der Waals surface area (Å²) in [5.74, 6) is 0. The normalized spacial score (nSPS) is 13.9. The molecule has 0 unspecified atom stereocenters. The number of nitrogens with zero attached hydrogens (tertiary/aromatic N) is 2. The molecular weight excluding hydrogens is 424 g/mol. The highest BCUT2D eigenvalue weighted by Gasteiger charge is 2.35. The Labute approximate surface area is 214 Å². The van der Waals surface area contributed by atoms with E-state index in [1.165, 1.54) is 60.8 Å². The average Bonchev–Trinajstić information content (AvgIpc) is 3.15. The number of unbranched alkanes of at least 4 members (excludes halogenated alkanes) is 5. The summed E-state index contributed by atoms with van der Waals surface area (Å²) in [6.45, 7) is 9.00. The summed E-state index contributed by atoms with van der Waals surface area (Å²) in [6, 6.07) is 17.7. The van der Waals surface area contributed by atoms with Crippen molar-refractivity contribution in [1.29, 1.82) is 0 Å². The zero-order valence-corrected chi connectivity index (χ0v) is 22.7. The Morgan fingerprint density at radius 3 is 1.60 bits per heavy atom. The Bertz CT molecular complexity index is 1040. The Hall–Kier alpha value is -2.48. The summed E-state index contributed by atoms with van der Waals surface area (Å²) >= 11 is 0. The van der Waals surface area contributed by atoms with Gasteiger partial charge in [-0.25, -0.2) is 4.70 Å². The highest BCUT2D eigenvalue weighted by atomic mass is 15.2. The molecule has 0 atom stereocenters. The number of hydrogen-bond donors (Lipinski definition) is 0. The van der Waals surface area contributed by atoms with Crippen LogP contribution in [0.4, 0.5) is 0 Å². The second kappa shape index (κ2) is 14.2. The van der Waals surface area contributed by atoms with Crippen LogP contribution in [-0.2, 0) is 12.8 Å². The predicted octanol–water partition coefficient (Wildman–Crippen LogP) is 10.3. The van der Waals surface area contributed by atoms with Crippen LogP contribution in [0.25, 0.3) is 16.9 Å². The lowest BCUT2D eigenvalue weighted by Crippen LogP contribution is -2.03. The highest BCUT2D eigenvalue weighted by molar-refractivity contribution is 5.82. The van der Waals surface area contributed by atoms with E-state index in [9.17, 15) is 5.53 Å². The van der Waals surface area contributed by atoms with E-state index in [0.29, 0.717) is 0 Å². The summed E-state index contributed by atoms with van der Waals surface area (Å²) in [7, 11) is 0. The Morgan fingerprint density at radius 1 is 0.543 bits per heavy atom. The van der Waals surface area contributed by atoms with Crippen LogP contribution in [0.3, 0.4) is 0 Å². The molecule has 2 aromatic rings. The van der Waals surface area contributed by atoms with Crippen LogP contribution < -0.4 is 0 Å². The zero-order valence-electron chi connectivity index (χ0n) is 22.7. The van der Waals surface area contributed by atoms with E-state index in [-0.39, 0.29) is 0 Å². The third kappa shape index (κ3) is 7.03. The van der Waals surface area contributed by atoms with E-state index in [4.69, 9.17) is 0 Å². The molecular formula is C33H46N2. The van der Waals surface area contributed by atoms with Crippen LogP contribution in [-0.4, -0.2) is 4.70 Å². The minimum absolute atomic E-state index is 1.01. The molecule has 35 heavy (non-hydrogen) atoms. The quantitative estimate of drug-likeness (QED) is 0.183. The molecule has 1 aliphatic rings. The van der Waals surface area contributed by atoms with Gasteiger partial charge >= 0.3 is 0 Å². The van der Waals surface area contributed by atoms with Crippen molar-refractivity contribution in [2.45, 2.75) is 111 Å². The van der Waals surface area contributed by atoms with Gasteiger partial charge in [0.1, 0.15) is 0 Å². The van der Waals surface area contributed by atoms with Gasteiger partial charge in [-0.2, -0.15) is 0 Å². The first kappa shape index (κ1) is 27.1. The first-order valence-electron chi connectivity index (χ1n) is 14.3. The Morgan fingerprint density at radius 2 is 1.06 bits per heavy atom. The molecule has 1 heterocycles. The summed E-state index contributed by atoms with van der Waals surface area (Å²) < 4.78 is 1.55. The van der Waals surface area contributed by atoms with Crippen LogP contribution in [0.1, 0.15) is 121 Å². The summed E-state index contributed by atoms with van der Waals surface area (Å²) in [6.07, 6.45) is 15.0. The van der Waals surface area contributed by atoms with E-state index < -0.39 is 0 Å². The predicted molar refractivity (Wildman–Crippen MR) is 151 cm³/mol. The van der Waals surface area contributed by atoms with Gasteiger partial charge in [0.25, 0.3) is 0 Å². The standard InChI is InChI=1S/C33H46N2/c1-5-9-12-13-23-31-30(22-11-7-3)32(29-21-15-19-27(25-29)17-10-6-2)35(34)33(31)28-20-14-18-26(24-28)16-8-4/h14-15,18-21,24-25H,5-13,16-17,22-23H2,1-4H3. The SMILES string of the molecule is CCCCCCC1=C(c2cccc(CCC)c2)[N+](=[N-])C(c2cccc(CCCC)c2)=C1CCCC. The van der Waals surface area contributed by atoms with Crippen molar-refractivity contribution < 1.29 is 4.70 Å².